The van der Waals surface area contributed by atoms with Gasteiger partial charge in [-0.2, -0.15) is 0 Å². The first-order valence-electron chi connectivity index (χ1n) is 9.00. The highest BCUT2D eigenvalue weighted by Crippen LogP contribution is 2.23. The zero-order chi connectivity index (χ0) is 19.6. The van der Waals surface area contributed by atoms with Crippen LogP contribution in [0.5, 0.6) is 0 Å². The van der Waals surface area contributed by atoms with Gasteiger partial charge in [-0.1, -0.05) is 19.8 Å². The average molecular weight is 387 g/mol. The predicted octanol–water partition coefficient (Wildman–Crippen LogP) is 3.08. The molecule has 0 atom stereocenters. The van der Waals surface area contributed by atoms with E-state index in [2.05, 4.69) is 10.0 Å². The van der Waals surface area contributed by atoms with Gasteiger partial charge in [-0.05, 0) is 44.9 Å². The van der Waals surface area contributed by atoms with Crippen molar-refractivity contribution in [3.05, 3.63) is 23.8 Å². The Bertz CT molecular complexity index is 674. The van der Waals surface area contributed by atoms with Crippen molar-refractivity contribution in [3.63, 3.8) is 0 Å². The van der Waals surface area contributed by atoms with Crippen molar-refractivity contribution in [2.75, 3.05) is 25.0 Å². The lowest BCUT2D eigenvalue weighted by atomic mass is 10.2. The van der Waals surface area contributed by atoms with Gasteiger partial charge in [-0.25, -0.2) is 17.9 Å². The molecule has 0 radical (unpaired) electrons. The largest absolute Gasteiger partial charge is 0.478 e. The Morgan fingerprint density at radius 3 is 2.54 bits per heavy atom. The first kappa shape index (κ1) is 22.4. The highest BCUT2D eigenvalue weighted by molar-refractivity contribution is 7.89. The van der Waals surface area contributed by atoms with Crippen molar-refractivity contribution in [1.29, 1.82) is 0 Å². The van der Waals surface area contributed by atoms with Crippen molar-refractivity contribution in [2.24, 2.45) is 0 Å². The highest BCUT2D eigenvalue weighted by Gasteiger charge is 2.20. The average Bonchev–Trinajstić information content (AvgIpc) is 2.58. The van der Waals surface area contributed by atoms with E-state index < -0.39 is 16.0 Å². The smallest absolute Gasteiger partial charge is 0.335 e. The van der Waals surface area contributed by atoms with E-state index in [1.807, 2.05) is 20.8 Å². The summed E-state index contributed by atoms with van der Waals surface area (Å²) in [6.45, 7) is 7.36. The maximum Gasteiger partial charge on any atom is 0.335 e. The number of rotatable bonds is 13. The predicted molar refractivity (Wildman–Crippen MR) is 102 cm³/mol. The molecule has 0 bridgehead atoms. The SMILES string of the molecule is CCCCCNS(=O)(=O)c1cc(C(=O)O)ccc1NCCCOC(C)C. The summed E-state index contributed by atoms with van der Waals surface area (Å²) >= 11 is 0. The van der Waals surface area contributed by atoms with Gasteiger partial charge in [0.1, 0.15) is 4.90 Å². The van der Waals surface area contributed by atoms with Crippen molar-refractivity contribution >= 4 is 21.7 Å². The Morgan fingerprint density at radius 2 is 1.92 bits per heavy atom. The molecule has 0 heterocycles. The Labute approximate surface area is 156 Å². The number of hydrogen-bond donors (Lipinski definition) is 3. The highest BCUT2D eigenvalue weighted by atomic mass is 32.2. The molecule has 0 aliphatic carbocycles. The second kappa shape index (κ2) is 11.2. The molecule has 0 spiro atoms. The van der Waals surface area contributed by atoms with E-state index in [9.17, 15) is 13.2 Å². The number of anilines is 1. The molecule has 0 fully saturated rings. The molecule has 3 N–H and O–H groups in total. The number of nitrogens with one attached hydrogen (secondary N) is 2. The Morgan fingerprint density at radius 1 is 1.19 bits per heavy atom. The van der Waals surface area contributed by atoms with Gasteiger partial charge in [0.15, 0.2) is 0 Å². The number of sulfonamides is 1. The molecule has 0 aliphatic rings. The van der Waals surface area contributed by atoms with Gasteiger partial charge < -0.3 is 15.2 Å². The number of unbranched alkanes of at least 4 members (excludes halogenated alkanes) is 2. The molecule has 26 heavy (non-hydrogen) atoms. The van der Waals surface area contributed by atoms with Crippen LogP contribution in [0, 0.1) is 0 Å². The lowest BCUT2D eigenvalue weighted by Gasteiger charge is -2.14. The monoisotopic (exact) mass is 386 g/mol. The summed E-state index contributed by atoms with van der Waals surface area (Å²) in [5, 5.41) is 12.2. The number of carboxylic acid groups (broad SMARTS) is 1. The third kappa shape index (κ3) is 7.72. The first-order valence-corrected chi connectivity index (χ1v) is 10.5. The molecule has 7 nitrogen and oxygen atoms in total. The fourth-order valence-corrected chi connectivity index (χ4v) is 3.58. The lowest BCUT2D eigenvalue weighted by molar-refractivity contribution is 0.0696. The third-order valence-electron chi connectivity index (χ3n) is 3.68. The van der Waals surface area contributed by atoms with Gasteiger partial charge >= 0.3 is 5.97 Å². The van der Waals surface area contributed by atoms with Gasteiger partial charge in [0.25, 0.3) is 0 Å². The summed E-state index contributed by atoms with van der Waals surface area (Å²) in [6.07, 6.45) is 3.51. The van der Waals surface area contributed by atoms with Gasteiger partial charge in [0.2, 0.25) is 10.0 Å². The van der Waals surface area contributed by atoms with Crippen LogP contribution in [0.1, 0.15) is 56.8 Å². The van der Waals surface area contributed by atoms with Crippen LogP contribution in [-0.2, 0) is 14.8 Å². The van der Waals surface area contributed by atoms with Crippen LogP contribution in [0.3, 0.4) is 0 Å². The standard InChI is InChI=1S/C18H30N2O5S/c1-4-5-6-11-20-26(23,24)17-13-15(18(21)22)8-9-16(17)19-10-7-12-25-14(2)3/h8-9,13-14,19-20H,4-7,10-12H2,1-3H3,(H,21,22). The van der Waals surface area contributed by atoms with Crippen LogP contribution in [0.4, 0.5) is 5.69 Å². The molecule has 1 aromatic rings. The molecule has 0 aromatic heterocycles. The first-order chi connectivity index (χ1) is 12.3. The molecule has 1 aromatic carbocycles. The van der Waals surface area contributed by atoms with Crippen LogP contribution in [0.25, 0.3) is 0 Å². The van der Waals surface area contributed by atoms with E-state index in [0.717, 1.165) is 19.3 Å². The van der Waals surface area contributed by atoms with Crippen LogP contribution in [-0.4, -0.2) is 45.3 Å². The molecule has 148 valence electrons. The molecular weight excluding hydrogens is 356 g/mol. The van der Waals surface area contributed by atoms with E-state index in [-0.39, 0.29) is 16.6 Å². The van der Waals surface area contributed by atoms with E-state index in [4.69, 9.17) is 9.84 Å². The van der Waals surface area contributed by atoms with Crippen LogP contribution in [0.15, 0.2) is 23.1 Å². The number of benzene rings is 1. The van der Waals surface area contributed by atoms with Gasteiger partial charge in [-0.15, -0.1) is 0 Å². The van der Waals surface area contributed by atoms with E-state index in [1.165, 1.54) is 18.2 Å². The second-order valence-electron chi connectivity index (χ2n) is 6.32. The van der Waals surface area contributed by atoms with Crippen LogP contribution < -0.4 is 10.0 Å². The Hall–Kier alpha value is -1.64. The van der Waals surface area contributed by atoms with Crippen LogP contribution >= 0.6 is 0 Å². The van der Waals surface area contributed by atoms with Gasteiger partial charge in [0, 0.05) is 19.7 Å². The summed E-state index contributed by atoms with van der Waals surface area (Å²) in [7, 11) is -3.79. The summed E-state index contributed by atoms with van der Waals surface area (Å²) in [5.74, 6) is -1.16. The van der Waals surface area contributed by atoms with E-state index in [0.29, 0.717) is 31.8 Å². The summed E-state index contributed by atoms with van der Waals surface area (Å²) < 4.78 is 33.2. The quantitative estimate of drug-likeness (QED) is 0.450. The van der Waals surface area contributed by atoms with E-state index >= 15 is 0 Å². The normalized spacial score (nSPS) is 11.7. The van der Waals surface area contributed by atoms with E-state index in [1.54, 1.807) is 0 Å². The van der Waals surface area contributed by atoms with Crippen molar-refractivity contribution < 1.29 is 23.1 Å². The van der Waals surface area contributed by atoms with Crippen molar-refractivity contribution in [3.8, 4) is 0 Å². The summed E-state index contributed by atoms with van der Waals surface area (Å²) in [4.78, 5) is 11.2. The van der Waals surface area contributed by atoms with Gasteiger partial charge in [-0.3, -0.25) is 0 Å². The minimum Gasteiger partial charge on any atom is -0.478 e. The number of carbonyl (C=O) groups is 1. The van der Waals surface area contributed by atoms with Crippen LogP contribution in [0.2, 0.25) is 0 Å². The lowest BCUT2D eigenvalue weighted by Crippen LogP contribution is -2.26. The topological polar surface area (TPSA) is 105 Å². The molecule has 8 heteroatoms. The molecular formula is C18H30N2O5S. The second-order valence-corrected chi connectivity index (χ2v) is 8.06. The number of hydrogen-bond acceptors (Lipinski definition) is 5. The van der Waals surface area contributed by atoms with Crippen molar-refractivity contribution in [1.82, 2.24) is 4.72 Å². The zero-order valence-electron chi connectivity index (χ0n) is 15.7. The zero-order valence-corrected chi connectivity index (χ0v) is 16.6. The fraction of sp³-hybridized carbons (Fsp3) is 0.611. The minimum absolute atomic E-state index is 0.0429. The maximum atomic E-state index is 12.6. The Balaban J connectivity index is 2.87. The fourth-order valence-electron chi connectivity index (χ4n) is 2.30. The maximum absolute atomic E-state index is 12.6. The molecule has 0 amide bonds. The summed E-state index contributed by atoms with van der Waals surface area (Å²) in [5.41, 5.74) is 0.329. The summed E-state index contributed by atoms with van der Waals surface area (Å²) in [6, 6.07) is 4.08. The molecule has 0 saturated carbocycles. The molecule has 0 unspecified atom stereocenters. The third-order valence-corrected chi connectivity index (χ3v) is 5.18. The number of aromatic carboxylic acids is 1. The molecule has 0 aliphatic heterocycles. The minimum atomic E-state index is -3.79. The van der Waals surface area contributed by atoms with Gasteiger partial charge in [0.05, 0.1) is 17.4 Å². The number of carboxylic acids is 1. The van der Waals surface area contributed by atoms with Crippen molar-refractivity contribution in [2.45, 2.75) is 57.5 Å². The molecule has 1 rings (SSSR count). The number of ether oxygens (including phenoxy) is 1. The Kier molecular flexibility index (Phi) is 9.61. The molecule has 0 saturated heterocycles.